The Hall–Kier alpha value is -2.12. The fourth-order valence-corrected chi connectivity index (χ4v) is 4.57. The molecule has 0 unspecified atom stereocenters. The third-order valence-electron chi connectivity index (χ3n) is 7.70. The zero-order chi connectivity index (χ0) is 37.3. The van der Waals surface area contributed by atoms with Crippen LogP contribution in [0, 0.1) is 0 Å². The summed E-state index contributed by atoms with van der Waals surface area (Å²) >= 11 is 0. The summed E-state index contributed by atoms with van der Waals surface area (Å²) in [4.78, 5) is 39.6. The summed E-state index contributed by atoms with van der Waals surface area (Å²) < 4.78 is 0. The van der Waals surface area contributed by atoms with Crippen molar-refractivity contribution in [3.05, 3.63) is 24.3 Å². The minimum absolute atomic E-state index is 0. The Bertz CT molecular complexity index is 694. The third kappa shape index (κ3) is 68.6. The summed E-state index contributed by atoms with van der Waals surface area (Å²) in [5.41, 5.74) is 0.352. The predicted octanol–water partition coefficient (Wildman–Crippen LogP) is 9.73. The molecule has 0 rings (SSSR count). The Morgan fingerprint density at radius 2 is 0.551 bits per heavy atom. The summed E-state index contributed by atoms with van der Waals surface area (Å²) in [6, 6.07) is 0. The van der Waals surface area contributed by atoms with Gasteiger partial charge in [-0.2, -0.15) is 0 Å². The molecule has 9 heteroatoms. The van der Waals surface area contributed by atoms with E-state index in [1.165, 1.54) is 155 Å². The van der Waals surface area contributed by atoms with Crippen molar-refractivity contribution in [3.8, 4) is 0 Å². The number of rotatable bonds is 30. The average molecular weight is 747 g/mol. The van der Waals surface area contributed by atoms with Gasteiger partial charge in [-0.3, -0.25) is 0 Å². The second-order valence-corrected chi connectivity index (χ2v) is 12.9. The molecule has 0 aliphatic carbocycles. The van der Waals surface area contributed by atoms with E-state index in [-0.39, 0.29) is 41.1 Å². The Morgan fingerprint density at radius 1 is 0.408 bits per heavy atom. The molecule has 0 saturated heterocycles. The van der Waals surface area contributed by atoms with Crippen LogP contribution in [0.15, 0.2) is 24.3 Å². The van der Waals surface area contributed by atoms with Crippen molar-refractivity contribution in [1.29, 1.82) is 0 Å². The van der Waals surface area contributed by atoms with E-state index in [1.54, 1.807) is 0 Å². The molecular weight excluding hydrogens is 672 g/mol. The quantitative estimate of drug-likeness (QED) is 0.0418. The minimum atomic E-state index is -0.935. The van der Waals surface area contributed by atoms with Gasteiger partial charge < -0.3 is 30.0 Å². The monoisotopic (exact) mass is 745 g/mol. The number of carbonyl (C=O) groups is 4. The van der Waals surface area contributed by atoms with Crippen LogP contribution < -0.4 is 10.2 Å². The van der Waals surface area contributed by atoms with Gasteiger partial charge in [0, 0.05) is 23.1 Å². The fraction of sp³-hybridized carbons (Fsp3) is 0.800. The van der Waals surface area contributed by atoms with Gasteiger partial charge in [-0.1, -0.05) is 181 Å². The van der Waals surface area contributed by atoms with Crippen LogP contribution in [0.3, 0.4) is 0 Å². The molecule has 0 aliphatic heterocycles. The van der Waals surface area contributed by atoms with E-state index < -0.39 is 23.9 Å². The zero-order valence-electron chi connectivity index (χ0n) is 31.9. The Labute approximate surface area is 311 Å². The molecule has 0 aromatic heterocycles. The molecule has 0 saturated carbocycles. The second-order valence-electron chi connectivity index (χ2n) is 12.9. The van der Waals surface area contributed by atoms with Gasteiger partial charge in [-0.05, 0) is 39.5 Å². The smallest absolute Gasteiger partial charge is 0.550 e. The largest absolute Gasteiger partial charge is 2.00 e. The van der Waals surface area contributed by atoms with Gasteiger partial charge in [-0.15, -0.1) is 0 Å². The topological polar surface area (TPSA) is 155 Å². The summed E-state index contributed by atoms with van der Waals surface area (Å²) in [7, 11) is 0. The number of carboxylic acid groups (broad SMARTS) is 4. The molecule has 1 radical (unpaired) electrons. The molecule has 0 aromatic carbocycles. The number of unbranched alkanes of at least 4 members (excludes halogenated alkanes) is 24. The van der Waals surface area contributed by atoms with Gasteiger partial charge in [0.25, 0.3) is 0 Å². The molecule has 0 heterocycles. The molecule has 0 spiro atoms. The first-order valence-electron chi connectivity index (χ1n) is 19.0. The van der Waals surface area contributed by atoms with Gasteiger partial charge in [0.05, 0.1) is 0 Å². The van der Waals surface area contributed by atoms with Crippen LogP contribution in [0.4, 0.5) is 0 Å². The number of hydrogen-bond donors (Lipinski definition) is 2. The van der Waals surface area contributed by atoms with Crippen LogP contribution in [-0.4, -0.2) is 34.1 Å². The molecule has 2 N–H and O–H groups in total. The normalized spacial score (nSPS) is 9.71. The van der Waals surface area contributed by atoms with Gasteiger partial charge in [0.2, 0.25) is 0 Å². The van der Waals surface area contributed by atoms with Crippen molar-refractivity contribution in [2.24, 2.45) is 0 Å². The van der Waals surface area contributed by atoms with Crippen LogP contribution in [0.5, 0.6) is 0 Å². The van der Waals surface area contributed by atoms with E-state index in [9.17, 15) is 29.4 Å². The maximum absolute atomic E-state index is 10.2. The number of aliphatic carboxylic acids is 4. The van der Waals surface area contributed by atoms with E-state index in [4.69, 9.17) is 10.2 Å². The van der Waals surface area contributed by atoms with Crippen molar-refractivity contribution in [2.75, 3.05) is 0 Å². The van der Waals surface area contributed by atoms with Crippen LogP contribution in [0.25, 0.3) is 0 Å². The summed E-state index contributed by atoms with van der Waals surface area (Å²) in [6.07, 6.45) is 33.9. The molecule has 8 nitrogen and oxygen atoms in total. The predicted molar refractivity (Wildman–Crippen MR) is 196 cm³/mol. The number of hydrogen-bond acceptors (Lipinski definition) is 6. The summed E-state index contributed by atoms with van der Waals surface area (Å²) in [5.74, 6) is -3.68. The minimum Gasteiger partial charge on any atom is -0.550 e. The van der Waals surface area contributed by atoms with Crippen molar-refractivity contribution in [1.82, 2.24) is 0 Å². The first-order valence-corrected chi connectivity index (χ1v) is 19.0. The van der Waals surface area contributed by atoms with E-state index >= 15 is 0 Å². The van der Waals surface area contributed by atoms with Crippen molar-refractivity contribution >= 4 is 23.9 Å². The Balaban J connectivity index is -0.000000195. The molecule has 0 fully saturated rings. The maximum Gasteiger partial charge on any atom is 2.00 e. The first kappa shape index (κ1) is 56.3. The molecule has 0 aromatic rings. The van der Waals surface area contributed by atoms with E-state index in [0.717, 1.165) is 25.7 Å². The van der Waals surface area contributed by atoms with Crippen LogP contribution in [0.2, 0.25) is 0 Å². The second kappa shape index (κ2) is 48.0. The van der Waals surface area contributed by atoms with E-state index in [0.29, 0.717) is 0 Å². The van der Waals surface area contributed by atoms with Crippen molar-refractivity contribution in [3.63, 3.8) is 0 Å². The molecular formula is C40H74CuO8. The molecule has 0 amide bonds. The van der Waals surface area contributed by atoms with Gasteiger partial charge in [0.1, 0.15) is 0 Å². The Morgan fingerprint density at radius 3 is 0.673 bits per heavy atom. The molecule has 293 valence electrons. The summed E-state index contributed by atoms with van der Waals surface area (Å²) in [5, 5.41) is 36.2. The van der Waals surface area contributed by atoms with E-state index in [1.807, 2.05) is 0 Å². The number of carboxylic acids is 4. The van der Waals surface area contributed by atoms with Gasteiger partial charge in [0.15, 0.2) is 0 Å². The third-order valence-corrected chi connectivity index (χ3v) is 7.70. The van der Waals surface area contributed by atoms with Crippen LogP contribution in [0.1, 0.15) is 207 Å². The van der Waals surface area contributed by atoms with E-state index in [2.05, 4.69) is 27.0 Å². The number of carbonyl (C=O) groups excluding carboxylic acids is 2. The molecule has 0 aliphatic rings. The molecule has 0 atom stereocenters. The molecule has 0 bridgehead atoms. The SMILES string of the molecule is C=C(C)C(=O)O.C=C(C)C(=O)O.CCCCCCCCCCCCCCCC(=O)[O-].CCCCCCCCCCCCCCCC(=O)[O-].[Cu+2]. The van der Waals surface area contributed by atoms with Gasteiger partial charge in [-0.25, -0.2) is 9.59 Å². The molecule has 49 heavy (non-hydrogen) atoms. The first-order chi connectivity index (χ1) is 22.8. The van der Waals surface area contributed by atoms with Crippen LogP contribution in [-0.2, 0) is 36.2 Å². The van der Waals surface area contributed by atoms with Crippen LogP contribution >= 0.6 is 0 Å². The van der Waals surface area contributed by atoms with Crippen molar-refractivity contribution in [2.45, 2.75) is 207 Å². The van der Waals surface area contributed by atoms with Gasteiger partial charge >= 0.3 is 29.0 Å². The average Bonchev–Trinajstić information content (AvgIpc) is 3.02. The van der Waals surface area contributed by atoms with Crippen molar-refractivity contribution < 1.29 is 56.7 Å². The maximum atomic E-state index is 10.2. The fourth-order valence-electron chi connectivity index (χ4n) is 4.57. The standard InChI is InChI=1S/2C16H32O2.2C4H6O2.Cu/c2*1-2-3-4-5-6-7-8-9-10-11-12-13-14-15-16(17)18;2*1-3(2)4(5)6;/h2*2-15H2,1H3,(H,17,18);2*1H2,2H3,(H,5,6);/q;;;;+2/p-2. The summed E-state index contributed by atoms with van der Waals surface area (Å²) in [6.45, 7) is 13.7. The zero-order valence-corrected chi connectivity index (χ0v) is 32.8. The Kier molecular flexibility index (Phi) is 55.1.